The fourth-order valence-electron chi connectivity index (χ4n) is 4.71. The molecule has 0 aromatic heterocycles. The quantitative estimate of drug-likeness (QED) is 0.369. The number of carbonyl (C=O) groups excluding carboxylic acids is 2. The zero-order valence-electron chi connectivity index (χ0n) is 18.7. The van der Waals surface area contributed by atoms with Crippen LogP contribution in [0.15, 0.2) is 35.6 Å². The highest BCUT2D eigenvalue weighted by molar-refractivity contribution is 5.67. The standard InChI is InChI=1S/C24H34O6/c1-14(2)7-9-20(28-16(4)25)19-13-27-23(29-17(5)26)22-15(3)8-10-21-24(6,30-21)12-11-18(19)22/h7,13,18,20-23H,3,8-12H2,1-2,4-6H3/t18-,20+,21+,22+,23-,24+/m1/s1. The molecule has 0 amide bonds. The Hall–Kier alpha value is -2.08. The SMILES string of the molecule is C=C1CC[C@@H]2O[C@@]2(C)CC[C@@H]2C([C@H](CC=C(C)C)OC(C)=O)=CO[C@H](OC(C)=O)[C@@H]12. The highest BCUT2D eigenvalue weighted by Gasteiger charge is 2.54. The first-order valence-corrected chi connectivity index (χ1v) is 10.8. The summed E-state index contributed by atoms with van der Waals surface area (Å²) in [6.07, 6.45) is 6.74. The average molecular weight is 419 g/mol. The predicted octanol–water partition coefficient (Wildman–Crippen LogP) is 4.60. The maximum Gasteiger partial charge on any atom is 0.305 e. The van der Waals surface area contributed by atoms with Crippen LogP contribution in [0.5, 0.6) is 0 Å². The number of rotatable bonds is 5. The molecular weight excluding hydrogens is 384 g/mol. The van der Waals surface area contributed by atoms with E-state index in [4.69, 9.17) is 18.9 Å². The van der Waals surface area contributed by atoms with Gasteiger partial charge in [-0.05, 0) is 46.5 Å². The molecule has 1 aliphatic carbocycles. The predicted molar refractivity (Wildman–Crippen MR) is 112 cm³/mol. The van der Waals surface area contributed by atoms with Gasteiger partial charge in [0.1, 0.15) is 6.10 Å². The van der Waals surface area contributed by atoms with Gasteiger partial charge in [-0.15, -0.1) is 0 Å². The van der Waals surface area contributed by atoms with E-state index in [1.54, 1.807) is 6.26 Å². The van der Waals surface area contributed by atoms with Crippen molar-refractivity contribution in [3.8, 4) is 0 Å². The topological polar surface area (TPSA) is 74.4 Å². The molecule has 0 bridgehead atoms. The van der Waals surface area contributed by atoms with E-state index in [9.17, 15) is 9.59 Å². The Labute approximate surface area is 179 Å². The van der Waals surface area contributed by atoms with E-state index in [-0.39, 0.29) is 35.5 Å². The van der Waals surface area contributed by atoms with Crippen LogP contribution in [0.1, 0.15) is 66.7 Å². The lowest BCUT2D eigenvalue weighted by Gasteiger charge is -2.40. The van der Waals surface area contributed by atoms with Gasteiger partial charge in [-0.1, -0.05) is 23.8 Å². The Kier molecular flexibility index (Phi) is 6.75. The summed E-state index contributed by atoms with van der Waals surface area (Å²) in [7, 11) is 0. The molecule has 6 heteroatoms. The van der Waals surface area contributed by atoms with Crippen molar-refractivity contribution in [1.29, 1.82) is 0 Å². The van der Waals surface area contributed by atoms with Gasteiger partial charge in [-0.2, -0.15) is 0 Å². The van der Waals surface area contributed by atoms with Crippen molar-refractivity contribution in [3.63, 3.8) is 0 Å². The van der Waals surface area contributed by atoms with Gasteiger partial charge in [-0.25, -0.2) is 0 Å². The maximum absolute atomic E-state index is 11.8. The lowest BCUT2D eigenvalue weighted by atomic mass is 9.74. The molecule has 0 aromatic rings. The van der Waals surface area contributed by atoms with Crippen LogP contribution in [0.2, 0.25) is 0 Å². The van der Waals surface area contributed by atoms with E-state index in [1.165, 1.54) is 13.8 Å². The number of hydrogen-bond acceptors (Lipinski definition) is 6. The van der Waals surface area contributed by atoms with Crippen LogP contribution >= 0.6 is 0 Å². The maximum atomic E-state index is 11.8. The smallest absolute Gasteiger partial charge is 0.305 e. The van der Waals surface area contributed by atoms with E-state index < -0.39 is 12.4 Å². The number of carbonyl (C=O) groups is 2. The molecule has 3 rings (SSSR count). The summed E-state index contributed by atoms with van der Waals surface area (Å²) in [6.45, 7) is 13.3. The van der Waals surface area contributed by atoms with Crippen LogP contribution in [-0.2, 0) is 28.5 Å². The second-order valence-electron chi connectivity index (χ2n) is 9.13. The molecule has 0 N–H and O–H groups in total. The van der Waals surface area contributed by atoms with Crippen molar-refractivity contribution in [2.45, 2.75) is 90.8 Å². The summed E-state index contributed by atoms with van der Waals surface area (Å²) in [5.41, 5.74) is 2.94. The van der Waals surface area contributed by atoms with E-state index in [0.29, 0.717) is 6.42 Å². The minimum absolute atomic E-state index is 0.00899. The minimum Gasteiger partial charge on any atom is -0.462 e. The Bertz CT molecular complexity index is 762. The van der Waals surface area contributed by atoms with Crippen molar-refractivity contribution in [2.24, 2.45) is 11.8 Å². The largest absolute Gasteiger partial charge is 0.462 e. The first kappa shape index (κ1) is 22.6. The van der Waals surface area contributed by atoms with Gasteiger partial charge in [0.15, 0.2) is 0 Å². The molecule has 2 heterocycles. The van der Waals surface area contributed by atoms with Gasteiger partial charge in [-0.3, -0.25) is 9.59 Å². The van der Waals surface area contributed by atoms with Gasteiger partial charge in [0.2, 0.25) is 6.29 Å². The minimum atomic E-state index is -0.715. The van der Waals surface area contributed by atoms with Crippen LogP contribution in [-0.4, -0.2) is 36.0 Å². The molecule has 6 nitrogen and oxygen atoms in total. The second-order valence-corrected chi connectivity index (χ2v) is 9.13. The van der Waals surface area contributed by atoms with Crippen molar-refractivity contribution < 1.29 is 28.5 Å². The molecule has 0 unspecified atom stereocenters. The van der Waals surface area contributed by atoms with Gasteiger partial charge >= 0.3 is 11.9 Å². The number of fused-ring (bicyclic) bond motifs is 2. The third kappa shape index (κ3) is 5.15. The second kappa shape index (κ2) is 8.96. The molecular formula is C24H34O6. The molecule has 1 saturated heterocycles. The number of esters is 2. The Morgan fingerprint density at radius 1 is 1.27 bits per heavy atom. The van der Waals surface area contributed by atoms with Crippen molar-refractivity contribution in [2.75, 3.05) is 0 Å². The van der Waals surface area contributed by atoms with Crippen molar-refractivity contribution >= 4 is 11.9 Å². The fourth-order valence-corrected chi connectivity index (χ4v) is 4.71. The monoisotopic (exact) mass is 418 g/mol. The first-order chi connectivity index (χ1) is 14.1. The molecule has 6 atom stereocenters. The Balaban J connectivity index is 1.96. The third-order valence-electron chi connectivity index (χ3n) is 6.38. The molecule has 2 aliphatic heterocycles. The van der Waals surface area contributed by atoms with E-state index in [1.807, 2.05) is 13.8 Å². The Morgan fingerprint density at radius 3 is 2.63 bits per heavy atom. The number of epoxide rings is 1. The third-order valence-corrected chi connectivity index (χ3v) is 6.38. The van der Waals surface area contributed by atoms with Crippen molar-refractivity contribution in [3.05, 3.63) is 35.6 Å². The summed E-state index contributed by atoms with van der Waals surface area (Å²) in [6, 6.07) is 0. The number of hydrogen-bond donors (Lipinski definition) is 0. The average Bonchev–Trinajstić information content (AvgIpc) is 3.29. The Morgan fingerprint density at radius 2 is 2.00 bits per heavy atom. The van der Waals surface area contributed by atoms with E-state index in [0.717, 1.165) is 42.4 Å². The number of ether oxygens (including phenoxy) is 4. The fraction of sp³-hybridized carbons (Fsp3) is 0.667. The van der Waals surface area contributed by atoms with Gasteiger partial charge in [0, 0.05) is 31.8 Å². The molecule has 3 aliphatic rings. The molecule has 0 aromatic carbocycles. The molecule has 30 heavy (non-hydrogen) atoms. The van der Waals surface area contributed by atoms with Crippen LogP contribution < -0.4 is 0 Å². The first-order valence-electron chi connectivity index (χ1n) is 10.8. The molecule has 2 fully saturated rings. The van der Waals surface area contributed by atoms with Crippen LogP contribution in [0, 0.1) is 11.8 Å². The zero-order chi connectivity index (χ0) is 22.1. The summed E-state index contributed by atoms with van der Waals surface area (Å²) in [4.78, 5) is 23.6. The lowest BCUT2D eigenvalue weighted by molar-refractivity contribution is -0.181. The molecule has 0 spiro atoms. The van der Waals surface area contributed by atoms with E-state index in [2.05, 4.69) is 19.6 Å². The summed E-state index contributed by atoms with van der Waals surface area (Å²) < 4.78 is 23.1. The normalized spacial score (nSPS) is 33.8. The van der Waals surface area contributed by atoms with Gasteiger partial charge in [0.05, 0.1) is 23.9 Å². The van der Waals surface area contributed by atoms with Crippen LogP contribution in [0.25, 0.3) is 0 Å². The highest BCUT2D eigenvalue weighted by Crippen LogP contribution is 2.50. The highest BCUT2D eigenvalue weighted by atomic mass is 16.7. The van der Waals surface area contributed by atoms with Gasteiger partial charge < -0.3 is 18.9 Å². The van der Waals surface area contributed by atoms with Crippen LogP contribution in [0.3, 0.4) is 0 Å². The lowest BCUT2D eigenvalue weighted by Crippen LogP contribution is -2.41. The van der Waals surface area contributed by atoms with Crippen molar-refractivity contribution in [1.82, 2.24) is 0 Å². The zero-order valence-corrected chi connectivity index (χ0v) is 18.7. The molecule has 1 saturated carbocycles. The molecule has 0 radical (unpaired) electrons. The molecule has 166 valence electrons. The summed E-state index contributed by atoms with van der Waals surface area (Å²) in [5, 5.41) is 0. The van der Waals surface area contributed by atoms with E-state index >= 15 is 0 Å². The van der Waals surface area contributed by atoms with Gasteiger partial charge in [0.25, 0.3) is 0 Å². The van der Waals surface area contributed by atoms with Crippen LogP contribution in [0.4, 0.5) is 0 Å². The summed E-state index contributed by atoms with van der Waals surface area (Å²) >= 11 is 0. The number of allylic oxidation sites excluding steroid dienone is 1. The summed E-state index contributed by atoms with van der Waals surface area (Å²) in [5.74, 6) is -0.909.